The first-order valence-corrected chi connectivity index (χ1v) is 12.2. The normalized spacial score (nSPS) is 12.8. The number of hydrogen-bond donors (Lipinski definition) is 1. The summed E-state index contributed by atoms with van der Waals surface area (Å²) < 4.78 is 62.3. The number of benzene rings is 3. The maximum atomic E-state index is 13.4. The molecule has 8 heteroatoms. The predicted molar refractivity (Wildman–Crippen MR) is 137 cm³/mol. The lowest BCUT2D eigenvalue weighted by molar-refractivity contribution is -0.253. The third-order valence-corrected chi connectivity index (χ3v) is 5.90. The third-order valence-electron chi connectivity index (χ3n) is 5.90. The molecule has 0 bridgehead atoms. The van der Waals surface area contributed by atoms with Crippen molar-refractivity contribution < 1.29 is 32.1 Å². The van der Waals surface area contributed by atoms with E-state index in [0.29, 0.717) is 23.0 Å². The van der Waals surface area contributed by atoms with Crippen LogP contribution in [0, 0.1) is 5.92 Å². The smallest absolute Gasteiger partial charge is 0.457 e. The van der Waals surface area contributed by atoms with Gasteiger partial charge in [0.05, 0.1) is 6.10 Å². The maximum absolute atomic E-state index is 13.4. The van der Waals surface area contributed by atoms with Crippen molar-refractivity contribution in [2.24, 2.45) is 5.92 Å². The van der Waals surface area contributed by atoms with Gasteiger partial charge in [-0.15, -0.1) is 0 Å². The molecule has 0 saturated carbocycles. The first-order chi connectivity index (χ1) is 17.4. The summed E-state index contributed by atoms with van der Waals surface area (Å²) in [5, 5.41) is 10.6. The van der Waals surface area contributed by atoms with E-state index in [1.54, 1.807) is 6.07 Å². The lowest BCUT2D eigenvalue weighted by atomic mass is 10.0. The lowest BCUT2D eigenvalue weighted by Gasteiger charge is -2.29. The third kappa shape index (κ3) is 8.12. The van der Waals surface area contributed by atoms with Gasteiger partial charge in [-0.25, -0.2) is 0 Å². The number of aliphatic hydroxyl groups is 1. The van der Waals surface area contributed by atoms with Crippen molar-refractivity contribution in [1.29, 1.82) is 0 Å². The first kappa shape index (κ1) is 28.3. The highest BCUT2D eigenvalue weighted by atomic mass is 19.3. The number of nitrogens with zero attached hydrogens (tertiary/aromatic N) is 1. The molecule has 200 valence electrons. The SMILES string of the molecule is CC(C)c1cccc(Oc2cccc(N(Cc3cccc(OC(F)(F)C(F)F)c3)CC(O)C(C)C)c2)c1. The molecule has 4 nitrogen and oxygen atoms in total. The minimum Gasteiger partial charge on any atom is -0.457 e. The summed E-state index contributed by atoms with van der Waals surface area (Å²) in [6.07, 6.45) is -9.21. The summed E-state index contributed by atoms with van der Waals surface area (Å²) in [7, 11) is 0. The molecule has 1 atom stereocenters. The number of ether oxygens (including phenoxy) is 2. The molecule has 0 heterocycles. The maximum Gasteiger partial charge on any atom is 0.461 e. The number of anilines is 1. The summed E-state index contributed by atoms with van der Waals surface area (Å²) >= 11 is 0. The Bertz CT molecular complexity index is 1150. The van der Waals surface area contributed by atoms with Crippen molar-refractivity contribution in [1.82, 2.24) is 0 Å². The number of halogens is 4. The van der Waals surface area contributed by atoms with Crippen LogP contribution >= 0.6 is 0 Å². The minimum absolute atomic E-state index is 0.0277. The molecule has 0 aliphatic carbocycles. The second-order valence-electron chi connectivity index (χ2n) is 9.63. The van der Waals surface area contributed by atoms with Gasteiger partial charge >= 0.3 is 12.5 Å². The zero-order valence-electron chi connectivity index (χ0n) is 21.4. The molecule has 0 saturated heterocycles. The van der Waals surface area contributed by atoms with Crippen LogP contribution in [0.3, 0.4) is 0 Å². The standard InChI is InChI=1S/C29H33F4NO3/c1-19(2)22-9-6-11-24(15-22)36-25-12-7-10-23(16-25)34(18-27(35)20(3)4)17-21-8-5-13-26(14-21)37-29(32,33)28(30)31/h5-16,19-20,27-28,35H,17-18H2,1-4H3. The molecule has 1 N–H and O–H groups in total. The number of hydrogen-bond acceptors (Lipinski definition) is 4. The second kappa shape index (κ2) is 12.3. The minimum atomic E-state index is -4.59. The Balaban J connectivity index is 1.86. The van der Waals surface area contributed by atoms with Crippen molar-refractivity contribution in [3.8, 4) is 17.2 Å². The summed E-state index contributed by atoms with van der Waals surface area (Å²) in [5.74, 6) is 1.25. The van der Waals surface area contributed by atoms with E-state index in [0.717, 1.165) is 11.3 Å². The second-order valence-corrected chi connectivity index (χ2v) is 9.63. The van der Waals surface area contributed by atoms with Gasteiger partial charge in [-0.2, -0.15) is 17.6 Å². The van der Waals surface area contributed by atoms with Crippen LogP contribution in [0.15, 0.2) is 72.8 Å². The van der Waals surface area contributed by atoms with E-state index in [1.165, 1.54) is 18.2 Å². The highest BCUT2D eigenvalue weighted by Crippen LogP contribution is 2.31. The monoisotopic (exact) mass is 519 g/mol. The molecule has 3 rings (SSSR count). The number of aliphatic hydroxyl groups excluding tert-OH is 1. The van der Waals surface area contributed by atoms with E-state index in [1.807, 2.05) is 67.3 Å². The van der Waals surface area contributed by atoms with E-state index in [-0.39, 0.29) is 24.8 Å². The van der Waals surface area contributed by atoms with Crippen LogP contribution in [0.2, 0.25) is 0 Å². The lowest BCUT2D eigenvalue weighted by Crippen LogP contribution is -2.35. The number of alkyl halides is 4. The van der Waals surface area contributed by atoms with E-state index in [4.69, 9.17) is 4.74 Å². The van der Waals surface area contributed by atoms with Gasteiger partial charge in [-0.05, 0) is 59.4 Å². The van der Waals surface area contributed by atoms with Crippen molar-refractivity contribution in [3.05, 3.63) is 83.9 Å². The molecule has 3 aromatic carbocycles. The Morgan fingerprint density at radius 2 is 1.46 bits per heavy atom. The Hall–Kier alpha value is -3.26. The Morgan fingerprint density at radius 1 is 0.838 bits per heavy atom. The first-order valence-electron chi connectivity index (χ1n) is 12.2. The van der Waals surface area contributed by atoms with Crippen LogP contribution < -0.4 is 14.4 Å². The highest BCUT2D eigenvalue weighted by molar-refractivity contribution is 5.52. The van der Waals surface area contributed by atoms with Crippen molar-refractivity contribution in [3.63, 3.8) is 0 Å². The molecule has 0 fully saturated rings. The zero-order valence-corrected chi connectivity index (χ0v) is 21.4. The summed E-state index contributed by atoms with van der Waals surface area (Å²) in [5.41, 5.74) is 2.44. The van der Waals surface area contributed by atoms with Crippen LogP contribution in [0.1, 0.15) is 44.7 Å². The van der Waals surface area contributed by atoms with Crippen LogP contribution in [-0.2, 0) is 6.54 Å². The van der Waals surface area contributed by atoms with Gasteiger partial charge in [0.1, 0.15) is 17.2 Å². The van der Waals surface area contributed by atoms with Crippen LogP contribution in [0.25, 0.3) is 0 Å². The van der Waals surface area contributed by atoms with E-state index >= 15 is 0 Å². The Kier molecular flexibility index (Phi) is 9.43. The average molecular weight is 520 g/mol. The largest absolute Gasteiger partial charge is 0.461 e. The van der Waals surface area contributed by atoms with Crippen LogP contribution in [0.4, 0.5) is 23.2 Å². The Morgan fingerprint density at radius 3 is 2.11 bits per heavy atom. The van der Waals surface area contributed by atoms with Gasteiger partial charge in [-0.1, -0.05) is 58.0 Å². The Labute approximate surface area is 215 Å². The molecule has 0 radical (unpaired) electrons. The van der Waals surface area contributed by atoms with E-state index < -0.39 is 18.6 Å². The molecular weight excluding hydrogens is 486 g/mol. The van der Waals surface area contributed by atoms with Gasteiger partial charge in [-0.3, -0.25) is 0 Å². The van der Waals surface area contributed by atoms with Crippen LogP contribution in [-0.4, -0.2) is 30.3 Å². The van der Waals surface area contributed by atoms with Crippen molar-refractivity contribution in [2.45, 2.75) is 58.8 Å². The van der Waals surface area contributed by atoms with Gasteiger partial charge in [0.25, 0.3) is 0 Å². The summed E-state index contributed by atoms with van der Waals surface area (Å²) in [4.78, 5) is 1.88. The summed E-state index contributed by atoms with van der Waals surface area (Å²) in [6, 6.07) is 20.8. The molecule has 37 heavy (non-hydrogen) atoms. The van der Waals surface area contributed by atoms with Crippen molar-refractivity contribution >= 4 is 5.69 Å². The van der Waals surface area contributed by atoms with Gasteiger partial charge in [0, 0.05) is 24.8 Å². The molecule has 0 aliphatic heterocycles. The summed E-state index contributed by atoms with van der Waals surface area (Å²) in [6.45, 7) is 8.46. The molecular formula is C29H33F4NO3. The van der Waals surface area contributed by atoms with Gasteiger partial charge < -0.3 is 19.5 Å². The molecule has 0 spiro atoms. The molecule has 0 aliphatic rings. The number of rotatable bonds is 12. The highest BCUT2D eigenvalue weighted by Gasteiger charge is 2.44. The molecule has 0 aromatic heterocycles. The van der Waals surface area contributed by atoms with Crippen molar-refractivity contribution in [2.75, 3.05) is 11.4 Å². The quantitative estimate of drug-likeness (QED) is 0.247. The predicted octanol–water partition coefficient (Wildman–Crippen LogP) is 7.86. The van der Waals surface area contributed by atoms with Gasteiger partial charge in [0.2, 0.25) is 0 Å². The molecule has 3 aromatic rings. The van der Waals surface area contributed by atoms with E-state index in [2.05, 4.69) is 18.6 Å². The fraction of sp³-hybridized carbons (Fsp3) is 0.379. The molecule has 0 amide bonds. The van der Waals surface area contributed by atoms with E-state index in [9.17, 15) is 22.7 Å². The van der Waals surface area contributed by atoms with Gasteiger partial charge in [0.15, 0.2) is 0 Å². The molecule has 1 unspecified atom stereocenters. The van der Waals surface area contributed by atoms with Crippen LogP contribution in [0.5, 0.6) is 17.2 Å². The average Bonchev–Trinajstić information content (AvgIpc) is 2.83. The fourth-order valence-electron chi connectivity index (χ4n) is 3.64. The fourth-order valence-corrected chi connectivity index (χ4v) is 3.64. The zero-order chi connectivity index (χ0) is 27.2. The topological polar surface area (TPSA) is 41.9 Å².